The number of amides is 1. The minimum atomic E-state index is -2.04. The molecule has 2 aromatic carbocycles. The summed E-state index contributed by atoms with van der Waals surface area (Å²) in [6.45, 7) is 14.7. The fourth-order valence-corrected chi connectivity index (χ4v) is 7.18. The van der Waals surface area contributed by atoms with Gasteiger partial charge in [-0.1, -0.05) is 75.4 Å². The SMILES string of the molecule is Cc1ncsc1-c1ccc(Cn2ccnc2[C@@H]2C[C@@H](O[Si](C)(C)C(C)(C)C)CN2C(=O)OCc2ccccc2)cc1. The zero-order chi connectivity index (χ0) is 29.2. The fraction of sp³-hybridized carbons (Fsp3) is 0.406. The van der Waals surface area contributed by atoms with Crippen molar-refractivity contribution in [2.24, 2.45) is 0 Å². The molecule has 41 heavy (non-hydrogen) atoms. The van der Waals surface area contributed by atoms with E-state index >= 15 is 0 Å². The van der Waals surface area contributed by atoms with E-state index in [4.69, 9.17) is 14.1 Å². The number of carbonyl (C=O) groups is 1. The third kappa shape index (κ3) is 6.63. The summed E-state index contributed by atoms with van der Waals surface area (Å²) in [5.41, 5.74) is 6.24. The van der Waals surface area contributed by atoms with Gasteiger partial charge in [-0.3, -0.25) is 4.90 Å². The van der Waals surface area contributed by atoms with Crippen LogP contribution in [0.5, 0.6) is 0 Å². The molecule has 0 saturated carbocycles. The molecule has 1 amide bonds. The first-order valence-electron chi connectivity index (χ1n) is 14.2. The summed E-state index contributed by atoms with van der Waals surface area (Å²) in [6, 6.07) is 18.2. The molecular weight excluding hydrogens is 549 g/mol. The highest BCUT2D eigenvalue weighted by Gasteiger charge is 2.45. The summed E-state index contributed by atoms with van der Waals surface area (Å²) in [6.07, 6.45) is 4.09. The smallest absolute Gasteiger partial charge is 0.410 e. The first-order valence-corrected chi connectivity index (χ1v) is 18.0. The number of carbonyl (C=O) groups excluding carboxylic acids is 1. The molecular formula is C32H40N4O3SSi. The van der Waals surface area contributed by atoms with Crippen molar-refractivity contribution in [1.29, 1.82) is 0 Å². The normalized spacial score (nSPS) is 17.7. The molecule has 7 nitrogen and oxygen atoms in total. The topological polar surface area (TPSA) is 69.5 Å². The van der Waals surface area contributed by atoms with E-state index in [-0.39, 0.29) is 29.9 Å². The third-order valence-corrected chi connectivity index (χ3v) is 13.8. The van der Waals surface area contributed by atoms with Crippen molar-refractivity contribution in [3.8, 4) is 10.4 Å². The van der Waals surface area contributed by atoms with E-state index in [1.165, 1.54) is 16.0 Å². The minimum Gasteiger partial charge on any atom is -0.445 e. The lowest BCUT2D eigenvalue weighted by Crippen LogP contribution is -2.44. The molecule has 1 fully saturated rings. The Hall–Kier alpha value is -3.27. The fourth-order valence-electron chi connectivity index (χ4n) is 5.01. The molecule has 216 valence electrons. The number of likely N-dealkylation sites (tertiary alicyclic amines) is 1. The van der Waals surface area contributed by atoms with E-state index in [1.807, 2.05) is 60.1 Å². The molecule has 0 aliphatic carbocycles. The molecule has 1 aliphatic rings. The molecule has 2 atom stereocenters. The number of thiazole rings is 1. The van der Waals surface area contributed by atoms with Gasteiger partial charge in [-0.25, -0.2) is 14.8 Å². The maximum absolute atomic E-state index is 13.5. The van der Waals surface area contributed by atoms with Crippen molar-refractivity contribution in [1.82, 2.24) is 19.4 Å². The lowest BCUT2D eigenvalue weighted by atomic mass is 10.1. The first kappa shape index (κ1) is 29.2. The molecule has 1 aliphatic heterocycles. The lowest BCUT2D eigenvalue weighted by Gasteiger charge is -2.38. The summed E-state index contributed by atoms with van der Waals surface area (Å²) in [7, 11) is -2.04. The van der Waals surface area contributed by atoms with Gasteiger partial charge in [0.2, 0.25) is 0 Å². The van der Waals surface area contributed by atoms with E-state index in [9.17, 15) is 4.79 Å². The number of aromatic nitrogens is 3. The third-order valence-electron chi connectivity index (χ3n) is 8.33. The Balaban J connectivity index is 1.36. The van der Waals surface area contributed by atoms with E-state index in [2.05, 4.69) is 67.7 Å². The Bertz CT molecular complexity index is 1460. The van der Waals surface area contributed by atoms with Crippen LogP contribution in [0.15, 0.2) is 72.5 Å². The average molecular weight is 589 g/mol. The summed E-state index contributed by atoms with van der Waals surface area (Å²) in [5, 5.41) is 0.0755. The Morgan fingerprint density at radius 1 is 1.05 bits per heavy atom. The van der Waals surface area contributed by atoms with Crippen LogP contribution in [0.3, 0.4) is 0 Å². The van der Waals surface area contributed by atoms with Crippen molar-refractivity contribution in [3.63, 3.8) is 0 Å². The maximum atomic E-state index is 13.5. The predicted octanol–water partition coefficient (Wildman–Crippen LogP) is 7.84. The Morgan fingerprint density at radius 2 is 1.78 bits per heavy atom. The van der Waals surface area contributed by atoms with Crippen molar-refractivity contribution in [3.05, 3.63) is 95.1 Å². The highest BCUT2D eigenvalue weighted by atomic mass is 32.1. The van der Waals surface area contributed by atoms with Gasteiger partial charge in [-0.15, -0.1) is 11.3 Å². The molecule has 5 rings (SSSR count). The van der Waals surface area contributed by atoms with Gasteiger partial charge in [0, 0.05) is 31.9 Å². The van der Waals surface area contributed by atoms with Gasteiger partial charge >= 0.3 is 6.09 Å². The molecule has 0 bridgehead atoms. The summed E-state index contributed by atoms with van der Waals surface area (Å²) >= 11 is 1.66. The average Bonchev–Trinajstić information content (AvgIpc) is 3.67. The van der Waals surface area contributed by atoms with Crippen LogP contribution in [0.1, 0.15) is 55.9 Å². The second-order valence-corrected chi connectivity index (χ2v) is 17.9. The van der Waals surface area contributed by atoms with Crippen LogP contribution in [-0.4, -0.2) is 46.5 Å². The number of ether oxygens (including phenoxy) is 1. The zero-order valence-corrected chi connectivity index (χ0v) is 26.6. The molecule has 0 radical (unpaired) electrons. The van der Waals surface area contributed by atoms with Crippen molar-refractivity contribution in [2.45, 2.75) is 77.5 Å². The number of hydrogen-bond acceptors (Lipinski definition) is 6. The Morgan fingerprint density at radius 3 is 2.44 bits per heavy atom. The molecule has 0 N–H and O–H groups in total. The Kier molecular flexibility index (Phi) is 8.49. The molecule has 9 heteroatoms. The number of aryl methyl sites for hydroxylation is 1. The summed E-state index contributed by atoms with van der Waals surface area (Å²) < 4.78 is 14.7. The van der Waals surface area contributed by atoms with E-state index in [0.29, 0.717) is 19.5 Å². The second-order valence-electron chi connectivity index (χ2n) is 12.3. The van der Waals surface area contributed by atoms with Crippen LogP contribution in [0.2, 0.25) is 18.1 Å². The van der Waals surface area contributed by atoms with Crippen molar-refractivity contribution >= 4 is 25.7 Å². The van der Waals surface area contributed by atoms with Crippen LogP contribution in [-0.2, 0) is 22.3 Å². The largest absolute Gasteiger partial charge is 0.445 e. The van der Waals surface area contributed by atoms with Gasteiger partial charge in [0.1, 0.15) is 12.4 Å². The van der Waals surface area contributed by atoms with Crippen LogP contribution in [0.25, 0.3) is 10.4 Å². The predicted molar refractivity (Wildman–Crippen MR) is 166 cm³/mol. The van der Waals surface area contributed by atoms with Crippen LogP contribution >= 0.6 is 11.3 Å². The van der Waals surface area contributed by atoms with Crippen LogP contribution in [0, 0.1) is 6.92 Å². The monoisotopic (exact) mass is 588 g/mol. The lowest BCUT2D eigenvalue weighted by molar-refractivity contribution is 0.0868. The van der Waals surface area contributed by atoms with Crippen LogP contribution < -0.4 is 0 Å². The zero-order valence-electron chi connectivity index (χ0n) is 24.8. The molecule has 4 aromatic rings. The van der Waals surface area contributed by atoms with E-state index < -0.39 is 8.32 Å². The highest BCUT2D eigenvalue weighted by Crippen LogP contribution is 2.41. The molecule has 2 aromatic heterocycles. The van der Waals surface area contributed by atoms with Gasteiger partial charge < -0.3 is 13.7 Å². The summed E-state index contributed by atoms with van der Waals surface area (Å²) in [4.78, 5) is 25.6. The number of benzene rings is 2. The number of nitrogens with zero attached hydrogens (tertiary/aromatic N) is 4. The molecule has 0 unspecified atom stereocenters. The quantitative estimate of drug-likeness (QED) is 0.196. The van der Waals surface area contributed by atoms with Gasteiger partial charge in [-0.05, 0) is 41.7 Å². The van der Waals surface area contributed by atoms with Crippen molar-refractivity contribution < 1.29 is 14.0 Å². The number of imidazole rings is 1. The van der Waals surface area contributed by atoms with Gasteiger partial charge in [-0.2, -0.15) is 0 Å². The second kappa shape index (κ2) is 11.9. The molecule has 1 saturated heterocycles. The standard InChI is InChI=1S/C32H40N4O3SSi/c1-23-29(40-22-34-23)26-14-12-24(13-15-26)19-35-17-16-33-30(35)28-18-27(39-41(5,6)32(2,3)4)20-36(28)31(37)38-21-25-10-8-7-9-11-25/h7-17,22,27-28H,18-21H2,1-6H3/t27-,28+/m1/s1. The van der Waals surface area contributed by atoms with Gasteiger partial charge in [0.25, 0.3) is 0 Å². The molecule has 3 heterocycles. The number of rotatable bonds is 8. The summed E-state index contributed by atoms with van der Waals surface area (Å²) in [5.74, 6) is 0.852. The van der Waals surface area contributed by atoms with Gasteiger partial charge in [0.05, 0.1) is 28.2 Å². The van der Waals surface area contributed by atoms with Gasteiger partial charge in [0.15, 0.2) is 8.32 Å². The van der Waals surface area contributed by atoms with E-state index in [0.717, 1.165) is 17.1 Å². The first-order chi connectivity index (χ1) is 19.5. The maximum Gasteiger partial charge on any atom is 0.410 e. The van der Waals surface area contributed by atoms with Crippen molar-refractivity contribution in [2.75, 3.05) is 6.54 Å². The molecule has 0 spiro atoms. The number of hydrogen-bond donors (Lipinski definition) is 0. The minimum absolute atomic E-state index is 0.0720. The highest BCUT2D eigenvalue weighted by molar-refractivity contribution is 7.13. The van der Waals surface area contributed by atoms with E-state index in [1.54, 1.807) is 11.3 Å². The van der Waals surface area contributed by atoms with Crippen LogP contribution in [0.4, 0.5) is 4.79 Å². The Labute approximate surface area is 248 Å².